The molecule has 1 saturated carbocycles. The predicted molar refractivity (Wildman–Crippen MR) is 121 cm³/mol. The number of carbonyl (C=O) groups excluding carboxylic acids is 1. The van der Waals surface area contributed by atoms with Crippen molar-refractivity contribution < 1.29 is 19.4 Å². The molecule has 3 aliphatic rings. The monoisotopic (exact) mass is 438 g/mol. The van der Waals surface area contributed by atoms with E-state index in [0.29, 0.717) is 25.9 Å². The third kappa shape index (κ3) is 4.32. The van der Waals surface area contributed by atoms with Gasteiger partial charge >= 0.3 is 0 Å². The van der Waals surface area contributed by atoms with Gasteiger partial charge in [-0.05, 0) is 80.0 Å². The first kappa shape index (κ1) is 21.6. The van der Waals surface area contributed by atoms with Crippen LogP contribution in [0.1, 0.15) is 54.9 Å². The number of β-amino-alcohol motifs (C(OH)–C–C–N with tert-alkyl or cyclic N) is 1. The van der Waals surface area contributed by atoms with E-state index < -0.39 is 11.7 Å². The highest BCUT2D eigenvalue weighted by Gasteiger charge is 2.37. The number of aliphatic hydroxyl groups excluding tert-OH is 1. The molecule has 2 N–H and O–H groups in total. The van der Waals surface area contributed by atoms with Crippen molar-refractivity contribution >= 4 is 11.6 Å². The van der Waals surface area contributed by atoms with Gasteiger partial charge in [0.15, 0.2) is 0 Å². The molecule has 0 aromatic heterocycles. The molecular formula is C26H31FN2O3. The molecule has 0 unspecified atom stereocenters. The van der Waals surface area contributed by atoms with Crippen LogP contribution in [0.5, 0.6) is 0 Å². The van der Waals surface area contributed by atoms with E-state index in [-0.39, 0.29) is 17.6 Å². The molecule has 2 aliphatic heterocycles. The molecule has 2 fully saturated rings. The molecule has 0 bridgehead atoms. The van der Waals surface area contributed by atoms with Crippen LogP contribution in [0, 0.1) is 11.7 Å². The van der Waals surface area contributed by atoms with Gasteiger partial charge in [0.2, 0.25) is 5.91 Å². The topological polar surface area (TPSA) is 64.0 Å². The molecule has 2 heterocycles. The third-order valence-corrected chi connectivity index (χ3v) is 7.30. The van der Waals surface area contributed by atoms with Gasteiger partial charge in [-0.15, -0.1) is 0 Å². The maximum absolute atomic E-state index is 13.3. The summed E-state index contributed by atoms with van der Waals surface area (Å²) in [6.07, 6.45) is 4.21. The van der Waals surface area contributed by atoms with Crippen LogP contribution < -0.4 is 4.90 Å². The van der Waals surface area contributed by atoms with Crippen LogP contribution >= 0.6 is 0 Å². The first-order valence-corrected chi connectivity index (χ1v) is 11.8. The zero-order chi connectivity index (χ0) is 22.3. The van der Waals surface area contributed by atoms with E-state index in [1.54, 1.807) is 12.1 Å². The van der Waals surface area contributed by atoms with E-state index in [1.807, 2.05) is 23.1 Å². The lowest BCUT2D eigenvalue weighted by Crippen LogP contribution is -2.32. The van der Waals surface area contributed by atoms with Crippen LogP contribution in [-0.2, 0) is 16.8 Å². The van der Waals surface area contributed by atoms with E-state index in [0.717, 1.165) is 61.2 Å². The van der Waals surface area contributed by atoms with Crippen LogP contribution in [0.15, 0.2) is 42.5 Å². The average molecular weight is 439 g/mol. The maximum Gasteiger partial charge on any atom is 0.230 e. The summed E-state index contributed by atoms with van der Waals surface area (Å²) in [5.41, 5.74) is 2.81. The standard InChI is InChI=1S/C26H31FN2O3/c27-22-7-5-21(6-8-22)26(32)11-1-13-28(15-12-26)17-24(30)20-4-9-23-19(16-20)10-14-29(23)25(31)18-2-3-18/h4-9,16,18,24,30,32H,1-3,10-15,17H2/t24-,26+/m1/s1. The number of likely N-dealkylation sites (tertiary alicyclic amines) is 1. The Morgan fingerprint density at radius 1 is 1.09 bits per heavy atom. The maximum atomic E-state index is 13.3. The van der Waals surface area contributed by atoms with Gasteiger partial charge in [0.25, 0.3) is 0 Å². The number of aliphatic hydroxyl groups is 2. The SMILES string of the molecule is O=C(C1CC1)N1CCc2cc([C@H](O)CN3CCC[C@@](O)(c4ccc(F)cc4)CC3)ccc21. The number of anilines is 1. The Kier molecular flexibility index (Phi) is 5.78. The molecule has 0 radical (unpaired) electrons. The second kappa shape index (κ2) is 8.58. The Morgan fingerprint density at radius 3 is 2.62 bits per heavy atom. The molecule has 5 rings (SSSR count). The largest absolute Gasteiger partial charge is 0.387 e. The number of amides is 1. The lowest BCUT2D eigenvalue weighted by atomic mass is 9.87. The number of hydrogen-bond acceptors (Lipinski definition) is 4. The second-order valence-electron chi connectivity index (χ2n) is 9.61. The number of hydrogen-bond donors (Lipinski definition) is 2. The molecule has 2 aromatic carbocycles. The highest BCUT2D eigenvalue weighted by Crippen LogP contribution is 2.38. The predicted octanol–water partition coefficient (Wildman–Crippen LogP) is 3.53. The van der Waals surface area contributed by atoms with E-state index >= 15 is 0 Å². The number of halogens is 1. The lowest BCUT2D eigenvalue weighted by molar-refractivity contribution is -0.119. The summed E-state index contributed by atoms with van der Waals surface area (Å²) in [6, 6.07) is 12.1. The highest BCUT2D eigenvalue weighted by atomic mass is 19.1. The minimum Gasteiger partial charge on any atom is -0.387 e. The fourth-order valence-corrected chi connectivity index (χ4v) is 5.16. The molecule has 0 spiro atoms. The van der Waals surface area contributed by atoms with E-state index in [4.69, 9.17) is 0 Å². The molecule has 1 aliphatic carbocycles. The molecule has 32 heavy (non-hydrogen) atoms. The van der Waals surface area contributed by atoms with Crippen LogP contribution in [-0.4, -0.2) is 47.2 Å². The fraction of sp³-hybridized carbons (Fsp3) is 0.500. The second-order valence-corrected chi connectivity index (χ2v) is 9.61. The number of carbonyl (C=O) groups is 1. The highest BCUT2D eigenvalue weighted by molar-refractivity contribution is 5.98. The number of rotatable bonds is 5. The Hall–Kier alpha value is -2.28. The summed E-state index contributed by atoms with van der Waals surface area (Å²) in [5, 5.41) is 22.1. The van der Waals surface area contributed by atoms with Crippen molar-refractivity contribution in [2.24, 2.45) is 5.92 Å². The minimum absolute atomic E-state index is 0.211. The van der Waals surface area contributed by atoms with E-state index in [9.17, 15) is 19.4 Å². The smallest absolute Gasteiger partial charge is 0.230 e. The number of fused-ring (bicyclic) bond motifs is 1. The van der Waals surface area contributed by atoms with Gasteiger partial charge in [0.05, 0.1) is 11.7 Å². The van der Waals surface area contributed by atoms with E-state index in [1.165, 1.54) is 12.1 Å². The summed E-state index contributed by atoms with van der Waals surface area (Å²) in [5.74, 6) is 0.156. The van der Waals surface area contributed by atoms with Crippen molar-refractivity contribution in [1.29, 1.82) is 0 Å². The zero-order valence-corrected chi connectivity index (χ0v) is 18.3. The molecular weight excluding hydrogens is 407 g/mol. The molecule has 5 nitrogen and oxygen atoms in total. The Bertz CT molecular complexity index is 991. The van der Waals surface area contributed by atoms with Crippen molar-refractivity contribution in [3.8, 4) is 0 Å². The Morgan fingerprint density at radius 2 is 1.88 bits per heavy atom. The molecule has 1 amide bonds. The first-order chi connectivity index (χ1) is 15.4. The number of nitrogens with zero attached hydrogens (tertiary/aromatic N) is 2. The zero-order valence-electron chi connectivity index (χ0n) is 18.3. The Labute approximate surface area is 188 Å². The van der Waals surface area contributed by atoms with Crippen molar-refractivity contribution in [3.05, 3.63) is 65.0 Å². The summed E-state index contributed by atoms with van der Waals surface area (Å²) in [6.45, 7) is 2.70. The van der Waals surface area contributed by atoms with Gasteiger partial charge in [-0.2, -0.15) is 0 Å². The van der Waals surface area contributed by atoms with Crippen LogP contribution in [0.4, 0.5) is 10.1 Å². The summed E-state index contributed by atoms with van der Waals surface area (Å²) in [4.78, 5) is 16.6. The lowest BCUT2D eigenvalue weighted by Gasteiger charge is -2.28. The summed E-state index contributed by atoms with van der Waals surface area (Å²) < 4.78 is 13.3. The van der Waals surface area contributed by atoms with E-state index in [2.05, 4.69) is 4.90 Å². The van der Waals surface area contributed by atoms with Gasteiger partial charge in [-0.1, -0.05) is 24.3 Å². The fourth-order valence-electron chi connectivity index (χ4n) is 5.16. The van der Waals surface area contributed by atoms with Crippen molar-refractivity contribution in [2.45, 2.75) is 50.2 Å². The average Bonchev–Trinajstić information content (AvgIpc) is 3.58. The number of benzene rings is 2. The molecule has 1 saturated heterocycles. The summed E-state index contributed by atoms with van der Waals surface area (Å²) in [7, 11) is 0. The normalized spacial score (nSPS) is 24.8. The summed E-state index contributed by atoms with van der Waals surface area (Å²) >= 11 is 0. The van der Waals surface area contributed by atoms with Crippen molar-refractivity contribution in [2.75, 3.05) is 31.1 Å². The van der Waals surface area contributed by atoms with Gasteiger partial charge in [0.1, 0.15) is 5.82 Å². The van der Waals surface area contributed by atoms with Crippen LogP contribution in [0.2, 0.25) is 0 Å². The Balaban J connectivity index is 1.22. The van der Waals surface area contributed by atoms with Crippen molar-refractivity contribution in [1.82, 2.24) is 4.90 Å². The molecule has 2 aromatic rings. The molecule has 2 atom stereocenters. The van der Waals surface area contributed by atoms with Crippen LogP contribution in [0.3, 0.4) is 0 Å². The first-order valence-electron chi connectivity index (χ1n) is 11.8. The van der Waals surface area contributed by atoms with Gasteiger partial charge in [-0.25, -0.2) is 4.39 Å². The van der Waals surface area contributed by atoms with Gasteiger partial charge < -0.3 is 20.0 Å². The third-order valence-electron chi connectivity index (χ3n) is 7.30. The van der Waals surface area contributed by atoms with Gasteiger partial charge in [0, 0.05) is 31.2 Å². The minimum atomic E-state index is -0.960. The van der Waals surface area contributed by atoms with Gasteiger partial charge in [-0.3, -0.25) is 4.79 Å². The van der Waals surface area contributed by atoms with Crippen LogP contribution in [0.25, 0.3) is 0 Å². The van der Waals surface area contributed by atoms with Crippen molar-refractivity contribution in [3.63, 3.8) is 0 Å². The quantitative estimate of drug-likeness (QED) is 0.750. The molecule has 6 heteroatoms. The molecule has 170 valence electrons.